The highest BCUT2D eigenvalue weighted by molar-refractivity contribution is 7.99. The highest BCUT2D eigenvalue weighted by Crippen LogP contribution is 2.38. The molecule has 0 radical (unpaired) electrons. The van der Waals surface area contributed by atoms with E-state index in [9.17, 15) is 9.90 Å². The van der Waals surface area contributed by atoms with Crippen molar-refractivity contribution in [3.05, 3.63) is 90.0 Å². The molecule has 4 aromatic rings. The molecule has 4 nitrogen and oxygen atoms in total. The highest BCUT2D eigenvalue weighted by Gasteiger charge is 2.23. The third-order valence-electron chi connectivity index (χ3n) is 4.86. The molecular formula is C25H22N2O2S. The van der Waals surface area contributed by atoms with Crippen LogP contribution in [0.1, 0.15) is 11.1 Å². The van der Waals surface area contributed by atoms with Crippen molar-refractivity contribution < 1.29 is 9.90 Å². The Morgan fingerprint density at radius 2 is 1.57 bits per heavy atom. The number of hydrogen-bond donors (Lipinski definition) is 1. The normalized spacial score (nSPS) is 10.9. The quantitative estimate of drug-likeness (QED) is 0.393. The number of benzene rings is 3. The number of hydrogen-bond acceptors (Lipinski definition) is 3. The summed E-state index contributed by atoms with van der Waals surface area (Å²) in [6.45, 7) is 4.14. The van der Waals surface area contributed by atoms with Crippen molar-refractivity contribution in [1.29, 1.82) is 0 Å². The smallest absolute Gasteiger partial charge is 0.313 e. The van der Waals surface area contributed by atoms with E-state index in [1.165, 1.54) is 17.3 Å². The number of nitrogens with zero attached hydrogens (tertiary/aromatic N) is 2. The number of thioether (sulfide) groups is 1. The van der Waals surface area contributed by atoms with Gasteiger partial charge in [-0.25, -0.2) is 4.98 Å². The van der Waals surface area contributed by atoms with Crippen molar-refractivity contribution in [3.8, 4) is 28.2 Å². The van der Waals surface area contributed by atoms with E-state index in [-0.39, 0.29) is 5.75 Å². The average Bonchev–Trinajstić information content (AvgIpc) is 3.13. The third kappa shape index (κ3) is 4.02. The van der Waals surface area contributed by atoms with E-state index in [0.29, 0.717) is 5.16 Å². The maximum Gasteiger partial charge on any atom is 0.313 e. The fraction of sp³-hybridized carbons (Fsp3) is 0.120. The second kappa shape index (κ2) is 8.59. The van der Waals surface area contributed by atoms with Crippen molar-refractivity contribution in [1.82, 2.24) is 9.55 Å². The van der Waals surface area contributed by atoms with Gasteiger partial charge in [0.15, 0.2) is 5.16 Å². The first-order valence-electron chi connectivity index (χ1n) is 9.70. The van der Waals surface area contributed by atoms with Gasteiger partial charge in [0.1, 0.15) is 0 Å². The molecule has 1 aromatic heterocycles. The summed E-state index contributed by atoms with van der Waals surface area (Å²) in [4.78, 5) is 16.2. The molecule has 0 aliphatic carbocycles. The van der Waals surface area contributed by atoms with Crippen LogP contribution in [0.25, 0.3) is 28.2 Å². The zero-order valence-electron chi connectivity index (χ0n) is 16.9. The summed E-state index contributed by atoms with van der Waals surface area (Å²) < 4.78 is 2.10. The molecule has 3 aromatic carbocycles. The Morgan fingerprint density at radius 1 is 0.933 bits per heavy atom. The molecule has 0 bridgehead atoms. The molecule has 0 aliphatic heterocycles. The predicted molar refractivity (Wildman–Crippen MR) is 122 cm³/mol. The minimum absolute atomic E-state index is 0.0512. The Kier molecular flexibility index (Phi) is 5.72. The van der Waals surface area contributed by atoms with Gasteiger partial charge in [-0.05, 0) is 25.5 Å². The number of carbonyl (C=O) groups is 1. The largest absolute Gasteiger partial charge is 0.481 e. The number of aliphatic carboxylic acids is 1. The number of carboxylic acid groups (broad SMARTS) is 1. The summed E-state index contributed by atoms with van der Waals surface area (Å²) in [6.07, 6.45) is 0. The molecule has 1 N–H and O–H groups in total. The molecule has 150 valence electrons. The summed E-state index contributed by atoms with van der Waals surface area (Å²) in [5.74, 6) is -0.914. The molecule has 0 aliphatic rings. The van der Waals surface area contributed by atoms with Crippen molar-refractivity contribution >= 4 is 17.7 Å². The van der Waals surface area contributed by atoms with Gasteiger partial charge in [-0.2, -0.15) is 0 Å². The van der Waals surface area contributed by atoms with Crippen molar-refractivity contribution in [3.63, 3.8) is 0 Å². The SMILES string of the molecule is Cc1ccc(-n2c(SCC(=O)O)nc(-c3ccccc3)c2-c2ccccc2)c(C)c1. The van der Waals surface area contributed by atoms with E-state index >= 15 is 0 Å². The van der Waals surface area contributed by atoms with Gasteiger partial charge in [0.2, 0.25) is 0 Å². The van der Waals surface area contributed by atoms with E-state index < -0.39 is 5.97 Å². The molecule has 30 heavy (non-hydrogen) atoms. The number of aryl methyl sites for hydroxylation is 2. The Morgan fingerprint density at radius 3 is 2.17 bits per heavy atom. The Balaban J connectivity index is 2.04. The summed E-state index contributed by atoms with van der Waals surface area (Å²) in [7, 11) is 0. The molecule has 0 unspecified atom stereocenters. The Bertz CT molecular complexity index is 1180. The number of aromatic nitrogens is 2. The maximum absolute atomic E-state index is 11.3. The number of imidazole rings is 1. The minimum Gasteiger partial charge on any atom is -0.481 e. The lowest BCUT2D eigenvalue weighted by molar-refractivity contribution is -0.133. The van der Waals surface area contributed by atoms with Crippen LogP contribution in [0.3, 0.4) is 0 Å². The highest BCUT2D eigenvalue weighted by atomic mass is 32.2. The van der Waals surface area contributed by atoms with E-state index in [0.717, 1.165) is 33.8 Å². The first kappa shape index (κ1) is 20.0. The zero-order valence-corrected chi connectivity index (χ0v) is 17.7. The van der Waals surface area contributed by atoms with Gasteiger partial charge < -0.3 is 5.11 Å². The lowest BCUT2D eigenvalue weighted by Gasteiger charge is -2.15. The molecule has 0 fully saturated rings. The summed E-state index contributed by atoms with van der Waals surface area (Å²) in [6, 6.07) is 26.5. The van der Waals surface area contributed by atoms with E-state index in [4.69, 9.17) is 4.98 Å². The molecule has 4 rings (SSSR count). The van der Waals surface area contributed by atoms with Gasteiger partial charge in [0.25, 0.3) is 0 Å². The predicted octanol–water partition coefficient (Wildman–Crippen LogP) is 6.00. The fourth-order valence-corrected chi connectivity index (χ4v) is 4.29. The van der Waals surface area contributed by atoms with Crippen LogP contribution in [0.4, 0.5) is 0 Å². The fourth-order valence-electron chi connectivity index (χ4n) is 3.56. The zero-order chi connectivity index (χ0) is 21.1. The molecule has 1 heterocycles. The van der Waals surface area contributed by atoms with Crippen molar-refractivity contribution in [2.75, 3.05) is 5.75 Å². The van der Waals surface area contributed by atoms with E-state index in [1.54, 1.807) is 0 Å². The second-order valence-corrected chi connectivity index (χ2v) is 8.07. The minimum atomic E-state index is -0.863. The molecule has 0 saturated carbocycles. The van der Waals surface area contributed by atoms with Crippen LogP contribution in [-0.2, 0) is 4.79 Å². The molecule has 5 heteroatoms. The van der Waals surface area contributed by atoms with Gasteiger partial charge in [0.05, 0.1) is 22.8 Å². The average molecular weight is 415 g/mol. The maximum atomic E-state index is 11.3. The van der Waals surface area contributed by atoms with Crippen molar-refractivity contribution in [2.24, 2.45) is 0 Å². The second-order valence-electron chi connectivity index (χ2n) is 7.13. The van der Waals surface area contributed by atoms with Gasteiger partial charge in [-0.15, -0.1) is 0 Å². The molecular weight excluding hydrogens is 392 g/mol. The summed E-state index contributed by atoms with van der Waals surface area (Å²) in [5, 5.41) is 9.95. The molecule has 0 amide bonds. The first-order valence-corrected chi connectivity index (χ1v) is 10.7. The summed E-state index contributed by atoms with van der Waals surface area (Å²) in [5.41, 5.74) is 7.13. The Labute approximate surface area is 180 Å². The summed E-state index contributed by atoms with van der Waals surface area (Å²) >= 11 is 1.24. The van der Waals surface area contributed by atoms with Crippen LogP contribution < -0.4 is 0 Å². The van der Waals surface area contributed by atoms with Crippen LogP contribution in [-0.4, -0.2) is 26.4 Å². The van der Waals surface area contributed by atoms with E-state index in [2.05, 4.69) is 48.7 Å². The van der Waals surface area contributed by atoms with Gasteiger partial charge in [-0.1, -0.05) is 90.1 Å². The van der Waals surface area contributed by atoms with Crippen LogP contribution in [0.5, 0.6) is 0 Å². The molecule has 0 saturated heterocycles. The van der Waals surface area contributed by atoms with Crippen LogP contribution >= 0.6 is 11.8 Å². The van der Waals surface area contributed by atoms with Crippen LogP contribution in [0.2, 0.25) is 0 Å². The first-order chi connectivity index (χ1) is 14.5. The number of carboxylic acids is 1. The van der Waals surface area contributed by atoms with Gasteiger partial charge in [0, 0.05) is 11.1 Å². The lowest BCUT2D eigenvalue weighted by atomic mass is 10.0. The monoisotopic (exact) mass is 414 g/mol. The molecule has 0 spiro atoms. The topological polar surface area (TPSA) is 55.1 Å². The third-order valence-corrected chi connectivity index (χ3v) is 5.78. The molecule has 0 atom stereocenters. The van der Waals surface area contributed by atoms with Gasteiger partial charge in [-0.3, -0.25) is 9.36 Å². The van der Waals surface area contributed by atoms with Crippen LogP contribution in [0.15, 0.2) is 84.0 Å². The lowest BCUT2D eigenvalue weighted by Crippen LogP contribution is -2.04. The van der Waals surface area contributed by atoms with E-state index in [1.807, 2.05) is 48.5 Å². The van der Waals surface area contributed by atoms with Gasteiger partial charge >= 0.3 is 5.97 Å². The number of rotatable bonds is 6. The Hall–Kier alpha value is -3.31. The standard InChI is InChI=1S/C25H22N2O2S/c1-17-13-14-21(18(2)15-17)27-24(20-11-7-4-8-12-20)23(19-9-5-3-6-10-19)26-25(27)30-16-22(28)29/h3-15H,16H2,1-2H3,(H,28,29). The van der Waals surface area contributed by atoms with Crippen molar-refractivity contribution in [2.45, 2.75) is 19.0 Å². The van der Waals surface area contributed by atoms with Crippen LogP contribution in [0, 0.1) is 13.8 Å².